The lowest BCUT2D eigenvalue weighted by Crippen LogP contribution is -2.63. The first-order valence-electron chi connectivity index (χ1n) is 12.2. The number of carbonyl (C=O) groups excluding carboxylic acids is 4. The van der Waals surface area contributed by atoms with Crippen molar-refractivity contribution >= 4 is 35.0 Å². The molecule has 36 heavy (non-hydrogen) atoms. The van der Waals surface area contributed by atoms with E-state index >= 15 is 0 Å². The van der Waals surface area contributed by atoms with Gasteiger partial charge < -0.3 is 9.47 Å². The molecule has 6 aliphatic rings. The normalized spacial score (nSPS) is 35.5. The standard InChI is InChI=1S/C28H24N2O6/c1-35-15-7-3-13(4-8-15)29-25(31)21-17-11-12-18(22(21)26(29)32)20-19(17)23-24(20)28(34)30(27(23)33)14-5-9-16(36-2)10-6-14/h3-12,17-24H,1-2H3/t17-,18+,19+,20-,21+,22-,23+,24-. The van der Waals surface area contributed by atoms with Crippen molar-refractivity contribution in [1.29, 1.82) is 0 Å². The Morgan fingerprint density at radius 3 is 1.19 bits per heavy atom. The molecular formula is C28H24N2O6. The van der Waals surface area contributed by atoms with Crippen LogP contribution in [-0.4, -0.2) is 37.8 Å². The van der Waals surface area contributed by atoms with Gasteiger partial charge in [0.1, 0.15) is 11.5 Å². The molecule has 4 fully saturated rings. The Kier molecular flexibility index (Phi) is 4.32. The van der Waals surface area contributed by atoms with Crippen LogP contribution in [-0.2, 0) is 19.2 Å². The van der Waals surface area contributed by atoms with Crippen molar-refractivity contribution in [3.05, 3.63) is 60.7 Å². The SMILES string of the molecule is COc1ccc(N2C(=O)[C@@H]3[C@H]4C=C[C@@H]([C@@H]3C2=O)[C@@H]2[C@@H]3C(=O)N(c5ccc(OC)cc5)C(=O)[C@@H]3[C@H]42)cc1. The van der Waals surface area contributed by atoms with Crippen LogP contribution in [0.5, 0.6) is 11.5 Å². The lowest BCUT2D eigenvalue weighted by atomic mass is 9.40. The van der Waals surface area contributed by atoms with E-state index in [9.17, 15) is 19.2 Å². The molecule has 8 nitrogen and oxygen atoms in total. The molecule has 8 heteroatoms. The van der Waals surface area contributed by atoms with E-state index in [0.717, 1.165) is 0 Å². The average Bonchev–Trinajstić information content (AvgIpc) is 3.28. The molecule has 2 aromatic carbocycles. The first kappa shape index (κ1) is 21.4. The molecule has 2 heterocycles. The van der Waals surface area contributed by atoms with Gasteiger partial charge in [0.2, 0.25) is 23.6 Å². The van der Waals surface area contributed by atoms with Crippen molar-refractivity contribution in [2.45, 2.75) is 0 Å². The summed E-state index contributed by atoms with van der Waals surface area (Å²) >= 11 is 0. The minimum absolute atomic E-state index is 0.112. The number of rotatable bonds is 4. The van der Waals surface area contributed by atoms with Crippen LogP contribution >= 0.6 is 0 Å². The number of fused-ring (bicyclic) bond motifs is 1. The van der Waals surface area contributed by atoms with Crippen molar-refractivity contribution in [2.75, 3.05) is 24.0 Å². The first-order valence-corrected chi connectivity index (χ1v) is 12.2. The van der Waals surface area contributed by atoms with Crippen molar-refractivity contribution in [2.24, 2.45) is 47.3 Å². The van der Waals surface area contributed by atoms with Gasteiger partial charge in [0, 0.05) is 0 Å². The number of ether oxygens (including phenoxy) is 2. The molecule has 2 aromatic rings. The zero-order valence-electron chi connectivity index (χ0n) is 19.7. The Bertz CT molecular complexity index is 1290. The third-order valence-electron chi connectivity index (χ3n) is 9.00. The van der Waals surface area contributed by atoms with Gasteiger partial charge in [-0.1, -0.05) is 12.2 Å². The van der Waals surface area contributed by atoms with E-state index in [1.165, 1.54) is 9.80 Å². The average molecular weight is 485 g/mol. The molecular weight excluding hydrogens is 460 g/mol. The summed E-state index contributed by atoms with van der Waals surface area (Å²) in [5, 5.41) is 0. The smallest absolute Gasteiger partial charge is 0.238 e. The molecule has 8 atom stereocenters. The van der Waals surface area contributed by atoms with Crippen LogP contribution in [0, 0.1) is 47.3 Å². The van der Waals surface area contributed by atoms with Gasteiger partial charge in [0.15, 0.2) is 0 Å². The molecule has 0 spiro atoms. The molecule has 0 aromatic heterocycles. The number of hydrogen-bond acceptors (Lipinski definition) is 6. The van der Waals surface area contributed by atoms with Crippen molar-refractivity contribution < 1.29 is 28.7 Å². The summed E-state index contributed by atoms with van der Waals surface area (Å²) in [6.07, 6.45) is 4.03. The number of amides is 4. The zero-order chi connectivity index (χ0) is 24.9. The summed E-state index contributed by atoms with van der Waals surface area (Å²) in [5.41, 5.74) is 1.04. The van der Waals surface area contributed by atoms with E-state index in [-0.39, 0.29) is 47.3 Å². The number of benzene rings is 2. The van der Waals surface area contributed by atoms with Crippen LogP contribution in [0.15, 0.2) is 60.7 Å². The highest BCUT2D eigenvalue weighted by molar-refractivity contribution is 6.25. The highest BCUT2D eigenvalue weighted by atomic mass is 16.5. The largest absolute Gasteiger partial charge is 0.497 e. The fourth-order valence-corrected chi connectivity index (χ4v) is 7.57. The number of nitrogens with zero attached hydrogens (tertiary/aromatic N) is 2. The summed E-state index contributed by atoms with van der Waals surface area (Å²) in [4.78, 5) is 56.9. The monoisotopic (exact) mass is 484 g/mol. The van der Waals surface area contributed by atoms with Gasteiger partial charge in [0.05, 0.1) is 49.3 Å². The molecule has 4 aliphatic carbocycles. The van der Waals surface area contributed by atoms with E-state index in [2.05, 4.69) is 0 Å². The van der Waals surface area contributed by atoms with Gasteiger partial charge in [-0.15, -0.1) is 0 Å². The maximum Gasteiger partial charge on any atom is 0.238 e. The Hall–Kier alpha value is -3.94. The van der Waals surface area contributed by atoms with E-state index in [1.54, 1.807) is 62.8 Å². The van der Waals surface area contributed by atoms with E-state index in [4.69, 9.17) is 9.47 Å². The number of hydrogen-bond donors (Lipinski definition) is 0. The summed E-state index contributed by atoms with van der Waals surface area (Å²) in [6.45, 7) is 0. The third-order valence-corrected chi connectivity index (χ3v) is 9.00. The second-order valence-corrected chi connectivity index (χ2v) is 10.2. The molecule has 2 saturated carbocycles. The summed E-state index contributed by atoms with van der Waals surface area (Å²) in [5.74, 6) is -2.21. The van der Waals surface area contributed by atoms with Crippen LogP contribution in [0.1, 0.15) is 0 Å². The molecule has 0 unspecified atom stereocenters. The summed E-state index contributed by atoms with van der Waals surface area (Å²) in [7, 11) is 3.12. The Balaban J connectivity index is 1.22. The highest BCUT2D eigenvalue weighted by Crippen LogP contribution is 2.68. The van der Waals surface area contributed by atoms with Gasteiger partial charge in [-0.3, -0.25) is 29.0 Å². The van der Waals surface area contributed by atoms with Gasteiger partial charge in [-0.25, -0.2) is 0 Å². The minimum atomic E-state index is -0.505. The molecule has 0 N–H and O–H groups in total. The summed E-state index contributed by atoms with van der Waals surface area (Å²) in [6, 6.07) is 13.8. The molecule has 182 valence electrons. The van der Waals surface area contributed by atoms with E-state index in [0.29, 0.717) is 22.9 Å². The van der Waals surface area contributed by atoms with E-state index < -0.39 is 23.7 Å². The van der Waals surface area contributed by atoms with Crippen LogP contribution in [0.3, 0.4) is 0 Å². The molecule has 2 bridgehead atoms. The fourth-order valence-electron chi connectivity index (χ4n) is 7.57. The topological polar surface area (TPSA) is 93.2 Å². The summed E-state index contributed by atoms with van der Waals surface area (Å²) < 4.78 is 10.4. The third kappa shape index (κ3) is 2.49. The van der Waals surface area contributed by atoms with Gasteiger partial charge in [-0.2, -0.15) is 0 Å². The molecule has 2 aliphatic heterocycles. The Labute approximate surface area is 207 Å². The highest BCUT2D eigenvalue weighted by Gasteiger charge is 2.75. The van der Waals surface area contributed by atoms with Crippen molar-refractivity contribution in [1.82, 2.24) is 0 Å². The molecule has 4 amide bonds. The number of imide groups is 2. The predicted octanol–water partition coefficient (Wildman–Crippen LogP) is 2.68. The second kappa shape index (κ2) is 7.29. The lowest BCUT2D eigenvalue weighted by Gasteiger charge is -2.60. The maximum atomic E-state index is 13.6. The van der Waals surface area contributed by atoms with Crippen LogP contribution in [0.2, 0.25) is 0 Å². The van der Waals surface area contributed by atoms with Crippen LogP contribution in [0.25, 0.3) is 0 Å². The molecule has 0 radical (unpaired) electrons. The van der Waals surface area contributed by atoms with E-state index in [1.807, 2.05) is 12.2 Å². The lowest BCUT2D eigenvalue weighted by molar-refractivity contribution is -0.166. The zero-order valence-corrected chi connectivity index (χ0v) is 19.7. The quantitative estimate of drug-likeness (QED) is 0.489. The van der Waals surface area contributed by atoms with Gasteiger partial charge in [-0.05, 0) is 72.2 Å². The predicted molar refractivity (Wildman–Crippen MR) is 128 cm³/mol. The fraction of sp³-hybridized carbons (Fsp3) is 0.357. The number of carbonyl (C=O) groups is 4. The van der Waals surface area contributed by atoms with Crippen molar-refractivity contribution in [3.8, 4) is 11.5 Å². The van der Waals surface area contributed by atoms with Gasteiger partial charge in [0.25, 0.3) is 0 Å². The number of anilines is 2. The van der Waals surface area contributed by atoms with Crippen molar-refractivity contribution in [3.63, 3.8) is 0 Å². The minimum Gasteiger partial charge on any atom is -0.497 e. The van der Waals surface area contributed by atoms with Crippen LogP contribution < -0.4 is 19.3 Å². The Morgan fingerprint density at radius 2 is 0.861 bits per heavy atom. The second-order valence-electron chi connectivity index (χ2n) is 10.2. The van der Waals surface area contributed by atoms with Crippen LogP contribution in [0.4, 0.5) is 11.4 Å². The maximum absolute atomic E-state index is 13.6. The first-order chi connectivity index (χ1) is 17.5. The number of methoxy groups -OCH3 is 2. The van der Waals surface area contributed by atoms with Gasteiger partial charge >= 0.3 is 0 Å². The molecule has 8 rings (SSSR count). The number of allylic oxidation sites excluding steroid dienone is 2. The molecule has 2 saturated heterocycles. The Morgan fingerprint density at radius 1 is 0.528 bits per heavy atom.